The average molecular weight is 455 g/mol. The number of halogens is 4. The molecular formula is C19H18ClF3N6O2. The maximum atomic E-state index is 13.0. The lowest BCUT2D eigenvalue weighted by Gasteiger charge is -2.15. The van der Waals surface area contributed by atoms with Crippen LogP contribution in [0.1, 0.15) is 40.3 Å². The number of alkyl halides is 3. The van der Waals surface area contributed by atoms with Gasteiger partial charge >= 0.3 is 6.18 Å². The lowest BCUT2D eigenvalue weighted by Crippen LogP contribution is -2.29. The summed E-state index contributed by atoms with van der Waals surface area (Å²) in [7, 11) is 1.51. The molecule has 0 radical (unpaired) electrons. The van der Waals surface area contributed by atoms with Crippen LogP contribution in [0.4, 0.5) is 13.2 Å². The molecule has 0 unspecified atom stereocenters. The largest absolute Gasteiger partial charge is 0.416 e. The molecule has 164 valence electrons. The summed E-state index contributed by atoms with van der Waals surface area (Å²) >= 11 is 5.76. The van der Waals surface area contributed by atoms with E-state index in [0.717, 1.165) is 23.8 Å². The monoisotopic (exact) mass is 454 g/mol. The molecule has 0 aliphatic carbocycles. The van der Waals surface area contributed by atoms with Gasteiger partial charge in [0.05, 0.1) is 18.7 Å². The minimum absolute atomic E-state index is 0.192. The molecular weight excluding hydrogens is 437 g/mol. The molecule has 1 aromatic carbocycles. The van der Waals surface area contributed by atoms with Crippen molar-refractivity contribution in [3.05, 3.63) is 70.4 Å². The summed E-state index contributed by atoms with van der Waals surface area (Å²) < 4.78 is 40.4. The Morgan fingerprint density at radius 2 is 2.03 bits per heavy atom. The second-order valence-electron chi connectivity index (χ2n) is 6.50. The number of hydrogen-bond donors (Lipinski definition) is 2. The molecule has 0 spiro atoms. The summed E-state index contributed by atoms with van der Waals surface area (Å²) in [6, 6.07) is 5.51. The number of benzene rings is 1. The number of aromatic nitrogens is 4. The van der Waals surface area contributed by atoms with Gasteiger partial charge in [0.15, 0.2) is 11.6 Å². The molecule has 0 fully saturated rings. The number of hydrogen-bond acceptors (Lipinski definition) is 6. The highest BCUT2D eigenvalue weighted by Crippen LogP contribution is 2.32. The molecule has 2 aromatic heterocycles. The second kappa shape index (κ2) is 9.41. The molecule has 0 bridgehead atoms. The number of rotatable bonds is 7. The van der Waals surface area contributed by atoms with E-state index < -0.39 is 23.7 Å². The minimum atomic E-state index is -4.62. The van der Waals surface area contributed by atoms with Crippen LogP contribution in [0, 0.1) is 0 Å². The normalized spacial score (nSPS) is 12.6. The van der Waals surface area contributed by atoms with Crippen LogP contribution in [0.5, 0.6) is 0 Å². The average Bonchev–Trinajstić information content (AvgIpc) is 3.21. The molecule has 8 nitrogen and oxygen atoms in total. The van der Waals surface area contributed by atoms with E-state index in [2.05, 4.69) is 25.9 Å². The van der Waals surface area contributed by atoms with Gasteiger partial charge in [0.2, 0.25) is 0 Å². The quantitative estimate of drug-likeness (QED) is 0.531. The van der Waals surface area contributed by atoms with Gasteiger partial charge in [-0.25, -0.2) is 9.97 Å². The summed E-state index contributed by atoms with van der Waals surface area (Å²) in [4.78, 5) is 25.8. The van der Waals surface area contributed by atoms with Crippen molar-refractivity contribution in [3.8, 4) is 5.82 Å². The van der Waals surface area contributed by atoms with Gasteiger partial charge < -0.3 is 10.2 Å². The van der Waals surface area contributed by atoms with Crippen molar-refractivity contribution >= 4 is 17.5 Å². The third-order valence-corrected chi connectivity index (χ3v) is 4.46. The van der Waals surface area contributed by atoms with Gasteiger partial charge in [0.1, 0.15) is 6.33 Å². The Morgan fingerprint density at radius 1 is 1.26 bits per heavy atom. The first kappa shape index (κ1) is 22.7. The van der Waals surface area contributed by atoms with Crippen LogP contribution < -0.4 is 10.8 Å². The number of pyridine rings is 1. The summed E-state index contributed by atoms with van der Waals surface area (Å²) in [6.45, 7) is 2.09. The molecule has 12 heteroatoms. The van der Waals surface area contributed by atoms with Gasteiger partial charge in [0, 0.05) is 23.3 Å². The first-order valence-electron chi connectivity index (χ1n) is 8.98. The number of nitrogens with one attached hydrogen (secondary N) is 2. The number of carbonyl (C=O) groups is 1. The third-order valence-electron chi connectivity index (χ3n) is 4.24. The Hall–Kier alpha value is -3.02. The van der Waals surface area contributed by atoms with Crippen LogP contribution >= 0.6 is 11.6 Å². The van der Waals surface area contributed by atoms with Crippen molar-refractivity contribution in [1.29, 1.82) is 0 Å². The number of amides is 1. The van der Waals surface area contributed by atoms with E-state index in [1.54, 1.807) is 19.2 Å². The summed E-state index contributed by atoms with van der Waals surface area (Å²) in [5.74, 6) is 0.0718. The fourth-order valence-electron chi connectivity index (χ4n) is 2.75. The van der Waals surface area contributed by atoms with Gasteiger partial charge in [-0.05, 0) is 36.8 Å². The van der Waals surface area contributed by atoms with Gasteiger partial charge in [-0.15, -0.1) is 0 Å². The molecule has 31 heavy (non-hydrogen) atoms. The Balaban J connectivity index is 1.78. The molecule has 0 saturated carbocycles. The zero-order chi connectivity index (χ0) is 22.6. The van der Waals surface area contributed by atoms with Crippen molar-refractivity contribution < 1.29 is 22.8 Å². The molecule has 0 aliphatic heterocycles. The van der Waals surface area contributed by atoms with Gasteiger partial charge in [-0.3, -0.25) is 4.79 Å². The molecule has 3 rings (SSSR count). The predicted molar refractivity (Wildman–Crippen MR) is 105 cm³/mol. The lowest BCUT2D eigenvalue weighted by molar-refractivity contribution is -0.137. The van der Waals surface area contributed by atoms with Crippen LogP contribution in [0.25, 0.3) is 5.82 Å². The smallest absolute Gasteiger partial charge is 0.342 e. The van der Waals surface area contributed by atoms with Gasteiger partial charge in [0.25, 0.3) is 5.91 Å². The standard InChI is InChI=1S/C19H18ClF3N6O2/c1-11(28-18(30)13-5-14(19(21,22)23)7-15(20)6-13)17-25-10-26-29(17)16-4-3-12(8-24-16)9-27-31-2/h3-8,10-11,27H,9H2,1-2H3,(H,28,30)/t11-/m0/s1. The summed E-state index contributed by atoms with van der Waals surface area (Å²) in [5, 5.41) is 6.54. The zero-order valence-corrected chi connectivity index (χ0v) is 17.2. The van der Waals surface area contributed by atoms with Crippen molar-refractivity contribution in [1.82, 2.24) is 30.5 Å². The van der Waals surface area contributed by atoms with Gasteiger partial charge in [-0.1, -0.05) is 17.7 Å². The molecule has 0 saturated heterocycles. The van der Waals surface area contributed by atoms with E-state index in [1.165, 1.54) is 18.1 Å². The van der Waals surface area contributed by atoms with Crippen LogP contribution in [0.3, 0.4) is 0 Å². The van der Waals surface area contributed by atoms with E-state index in [-0.39, 0.29) is 10.6 Å². The maximum Gasteiger partial charge on any atom is 0.416 e. The topological polar surface area (TPSA) is 94.0 Å². The van der Waals surface area contributed by atoms with E-state index in [9.17, 15) is 18.0 Å². The van der Waals surface area contributed by atoms with Crippen LogP contribution in [0.15, 0.2) is 42.9 Å². The molecule has 0 aliphatic rings. The Bertz CT molecular complexity index is 1060. The van der Waals surface area contributed by atoms with E-state index in [0.29, 0.717) is 18.2 Å². The van der Waals surface area contributed by atoms with Crippen LogP contribution in [-0.4, -0.2) is 32.8 Å². The highest BCUT2D eigenvalue weighted by atomic mass is 35.5. The van der Waals surface area contributed by atoms with Crippen LogP contribution in [0.2, 0.25) is 5.02 Å². The third kappa shape index (κ3) is 5.57. The van der Waals surface area contributed by atoms with Crippen molar-refractivity contribution in [2.24, 2.45) is 0 Å². The van der Waals surface area contributed by atoms with Crippen molar-refractivity contribution in [2.75, 3.05) is 7.11 Å². The summed E-state index contributed by atoms with van der Waals surface area (Å²) in [6.07, 6.45) is -1.70. The number of nitrogens with zero attached hydrogens (tertiary/aromatic N) is 4. The first-order valence-corrected chi connectivity index (χ1v) is 9.36. The Kier molecular flexibility index (Phi) is 6.88. The Morgan fingerprint density at radius 3 is 2.68 bits per heavy atom. The summed E-state index contributed by atoms with van der Waals surface area (Å²) in [5.41, 5.74) is 2.35. The molecule has 3 aromatic rings. The molecule has 1 amide bonds. The van der Waals surface area contributed by atoms with E-state index in [1.807, 2.05) is 6.07 Å². The fraction of sp³-hybridized carbons (Fsp3) is 0.263. The highest BCUT2D eigenvalue weighted by Gasteiger charge is 2.32. The second-order valence-corrected chi connectivity index (χ2v) is 6.94. The molecule has 2 heterocycles. The minimum Gasteiger partial charge on any atom is -0.342 e. The maximum absolute atomic E-state index is 13.0. The van der Waals surface area contributed by atoms with E-state index in [4.69, 9.17) is 16.4 Å². The molecule has 1 atom stereocenters. The number of hydroxylamine groups is 1. The highest BCUT2D eigenvalue weighted by molar-refractivity contribution is 6.31. The Labute approximate surface area is 180 Å². The zero-order valence-electron chi connectivity index (χ0n) is 16.4. The SMILES string of the molecule is CONCc1ccc(-n2ncnc2[C@H](C)NC(=O)c2cc(Cl)cc(C(F)(F)F)c2)nc1. The van der Waals surface area contributed by atoms with Crippen molar-refractivity contribution in [3.63, 3.8) is 0 Å². The number of carbonyl (C=O) groups excluding carboxylic acids is 1. The fourth-order valence-corrected chi connectivity index (χ4v) is 2.99. The van der Waals surface area contributed by atoms with Gasteiger partial charge in [-0.2, -0.15) is 28.4 Å². The predicted octanol–water partition coefficient (Wildman–Crippen LogP) is 3.48. The van der Waals surface area contributed by atoms with Crippen molar-refractivity contribution in [2.45, 2.75) is 25.7 Å². The lowest BCUT2D eigenvalue weighted by atomic mass is 10.1. The first-order chi connectivity index (χ1) is 14.7. The molecule has 2 N–H and O–H groups in total. The van der Waals surface area contributed by atoms with E-state index >= 15 is 0 Å². The van der Waals surface area contributed by atoms with Crippen LogP contribution in [-0.2, 0) is 17.6 Å².